The first-order valence-corrected chi connectivity index (χ1v) is 11.3. The van der Waals surface area contributed by atoms with Crippen LogP contribution in [-0.2, 0) is 8.85 Å². The Morgan fingerprint density at radius 3 is 1.76 bits per heavy atom. The molecule has 0 saturated heterocycles. The van der Waals surface area contributed by atoms with Crippen LogP contribution in [0.5, 0.6) is 0 Å². The Labute approximate surface area is 154 Å². The van der Waals surface area contributed by atoms with Crippen LogP contribution in [0, 0.1) is 11.8 Å². The molecule has 0 N–H and O–H groups in total. The van der Waals surface area contributed by atoms with Crippen LogP contribution in [0.4, 0.5) is 0 Å². The Hall–Kier alpha value is -1.42. The lowest BCUT2D eigenvalue weighted by Gasteiger charge is -2.32. The minimum absolute atomic E-state index is 0.470. The molecule has 0 saturated carbocycles. The maximum absolute atomic E-state index is 6.64. The molecule has 0 amide bonds. The Balaban J connectivity index is 2.38. The summed E-state index contributed by atoms with van der Waals surface area (Å²) in [6.07, 6.45) is 2.25. The summed E-state index contributed by atoms with van der Waals surface area (Å²) in [6.45, 7) is 10.3. The highest BCUT2D eigenvalue weighted by atomic mass is 28.4. The fourth-order valence-corrected chi connectivity index (χ4v) is 6.07. The monoisotopic (exact) mass is 356 g/mol. The van der Waals surface area contributed by atoms with Crippen LogP contribution in [0.25, 0.3) is 0 Å². The zero-order valence-corrected chi connectivity index (χ0v) is 17.1. The second kappa shape index (κ2) is 9.90. The van der Waals surface area contributed by atoms with Crippen LogP contribution >= 0.6 is 0 Å². The van der Waals surface area contributed by atoms with E-state index in [2.05, 4.69) is 88.4 Å². The smallest absolute Gasteiger partial charge is 0.388 e. The normalized spacial score (nSPS) is 13.2. The fraction of sp³-hybridized carbons (Fsp3) is 0.455. The molecule has 2 aromatic rings. The van der Waals surface area contributed by atoms with Gasteiger partial charge in [-0.3, -0.25) is 0 Å². The molecule has 25 heavy (non-hydrogen) atoms. The number of benzene rings is 2. The summed E-state index contributed by atoms with van der Waals surface area (Å²) >= 11 is 0. The van der Waals surface area contributed by atoms with Crippen molar-refractivity contribution in [1.29, 1.82) is 0 Å². The van der Waals surface area contributed by atoms with Gasteiger partial charge in [-0.2, -0.15) is 0 Å². The fourth-order valence-electron chi connectivity index (χ4n) is 2.75. The maximum atomic E-state index is 6.64. The highest BCUT2D eigenvalue weighted by Crippen LogP contribution is 2.15. The van der Waals surface area contributed by atoms with Gasteiger partial charge in [0.25, 0.3) is 0 Å². The van der Waals surface area contributed by atoms with E-state index in [0.717, 1.165) is 13.0 Å². The maximum Gasteiger partial charge on any atom is 0.407 e. The quantitative estimate of drug-likeness (QED) is 0.589. The molecule has 0 spiro atoms. The van der Waals surface area contributed by atoms with E-state index in [1.807, 2.05) is 0 Å². The van der Waals surface area contributed by atoms with Gasteiger partial charge in [-0.15, -0.1) is 0 Å². The topological polar surface area (TPSA) is 18.5 Å². The highest BCUT2D eigenvalue weighted by Gasteiger charge is 2.42. The third kappa shape index (κ3) is 5.53. The minimum Gasteiger partial charge on any atom is -0.388 e. The molecule has 0 fully saturated rings. The summed E-state index contributed by atoms with van der Waals surface area (Å²) in [7, 11) is -2.69. The van der Waals surface area contributed by atoms with E-state index in [-0.39, 0.29) is 0 Å². The lowest BCUT2D eigenvalue weighted by atomic mass is 10.1. The second-order valence-corrected chi connectivity index (χ2v) is 10.2. The minimum atomic E-state index is -2.69. The lowest BCUT2D eigenvalue weighted by molar-refractivity contribution is 0.165. The standard InChI is InChI=1S/C22H32O2Si/c1-5-20(4)16-17-23-25(24-18-19(2)3,21-12-8-6-9-13-21)22-14-10-7-11-15-22/h6-15,19-20H,5,16-18H2,1-4H3. The average molecular weight is 357 g/mol. The summed E-state index contributed by atoms with van der Waals surface area (Å²) in [5.41, 5.74) is 0. The SMILES string of the molecule is CCC(C)CCO[Si](OCC(C)C)(c1ccccc1)c1ccccc1. The first-order valence-electron chi connectivity index (χ1n) is 9.47. The summed E-state index contributed by atoms with van der Waals surface area (Å²) in [4.78, 5) is 0. The highest BCUT2D eigenvalue weighted by molar-refractivity contribution is 6.92. The molecule has 0 aromatic heterocycles. The molecular weight excluding hydrogens is 324 g/mol. The van der Waals surface area contributed by atoms with E-state index in [1.165, 1.54) is 16.8 Å². The van der Waals surface area contributed by atoms with Gasteiger partial charge in [-0.1, -0.05) is 94.8 Å². The lowest BCUT2D eigenvalue weighted by Crippen LogP contribution is -2.63. The largest absolute Gasteiger partial charge is 0.407 e. The Kier molecular flexibility index (Phi) is 7.88. The van der Waals surface area contributed by atoms with E-state index < -0.39 is 8.56 Å². The summed E-state index contributed by atoms with van der Waals surface area (Å²) in [5, 5.41) is 2.37. The molecule has 1 atom stereocenters. The van der Waals surface area contributed by atoms with Crippen LogP contribution in [-0.4, -0.2) is 21.8 Å². The summed E-state index contributed by atoms with van der Waals surface area (Å²) in [5.74, 6) is 1.14. The van der Waals surface area contributed by atoms with Crippen molar-refractivity contribution in [3.05, 3.63) is 60.7 Å². The zero-order valence-electron chi connectivity index (χ0n) is 16.1. The Bertz CT molecular complexity index is 558. The van der Waals surface area contributed by atoms with E-state index >= 15 is 0 Å². The van der Waals surface area contributed by atoms with Crippen molar-refractivity contribution in [2.75, 3.05) is 13.2 Å². The molecule has 2 aromatic carbocycles. The molecule has 0 heterocycles. The molecule has 0 aliphatic rings. The van der Waals surface area contributed by atoms with E-state index in [1.54, 1.807) is 0 Å². The molecule has 0 aliphatic carbocycles. The molecule has 1 unspecified atom stereocenters. The molecule has 2 rings (SSSR count). The number of rotatable bonds is 10. The van der Waals surface area contributed by atoms with Crippen molar-refractivity contribution < 1.29 is 8.85 Å². The van der Waals surface area contributed by atoms with Crippen LogP contribution in [0.1, 0.15) is 40.5 Å². The first-order chi connectivity index (χ1) is 12.1. The zero-order chi connectivity index (χ0) is 18.1. The molecule has 136 valence electrons. The summed E-state index contributed by atoms with van der Waals surface area (Å²) < 4.78 is 13.2. The predicted octanol–water partition coefficient (Wildman–Crippen LogP) is 4.37. The van der Waals surface area contributed by atoms with Gasteiger partial charge in [0.2, 0.25) is 0 Å². The number of hydrogen-bond donors (Lipinski definition) is 0. The molecule has 0 radical (unpaired) electrons. The van der Waals surface area contributed by atoms with Crippen LogP contribution in [0.2, 0.25) is 0 Å². The third-order valence-electron chi connectivity index (χ3n) is 4.54. The second-order valence-electron chi connectivity index (χ2n) is 7.20. The van der Waals surface area contributed by atoms with Crippen LogP contribution in [0.3, 0.4) is 0 Å². The molecule has 0 bridgehead atoms. The van der Waals surface area contributed by atoms with Gasteiger partial charge < -0.3 is 8.85 Å². The van der Waals surface area contributed by atoms with Crippen LogP contribution < -0.4 is 10.4 Å². The molecular formula is C22H32O2Si. The van der Waals surface area contributed by atoms with Crippen molar-refractivity contribution in [2.45, 2.75) is 40.5 Å². The molecule has 0 aliphatic heterocycles. The van der Waals surface area contributed by atoms with Crippen LogP contribution in [0.15, 0.2) is 60.7 Å². The van der Waals surface area contributed by atoms with Gasteiger partial charge in [-0.25, -0.2) is 0 Å². The van der Waals surface area contributed by atoms with Gasteiger partial charge in [0.15, 0.2) is 0 Å². The molecule has 2 nitrogen and oxygen atoms in total. The average Bonchev–Trinajstić information content (AvgIpc) is 2.65. The van der Waals surface area contributed by atoms with Crippen molar-refractivity contribution in [3.63, 3.8) is 0 Å². The summed E-state index contributed by atoms with van der Waals surface area (Å²) in [6, 6.07) is 21.0. The van der Waals surface area contributed by atoms with Crippen molar-refractivity contribution in [1.82, 2.24) is 0 Å². The van der Waals surface area contributed by atoms with Crippen molar-refractivity contribution in [2.24, 2.45) is 11.8 Å². The Morgan fingerprint density at radius 1 is 0.800 bits per heavy atom. The van der Waals surface area contributed by atoms with E-state index in [0.29, 0.717) is 18.4 Å². The van der Waals surface area contributed by atoms with Crippen molar-refractivity contribution >= 4 is 18.9 Å². The Morgan fingerprint density at radius 2 is 1.32 bits per heavy atom. The van der Waals surface area contributed by atoms with Gasteiger partial charge in [0.1, 0.15) is 0 Å². The van der Waals surface area contributed by atoms with Gasteiger partial charge in [0, 0.05) is 13.2 Å². The molecule has 3 heteroatoms. The third-order valence-corrected chi connectivity index (χ3v) is 7.91. The van der Waals surface area contributed by atoms with Gasteiger partial charge >= 0.3 is 8.56 Å². The van der Waals surface area contributed by atoms with Crippen molar-refractivity contribution in [3.8, 4) is 0 Å². The van der Waals surface area contributed by atoms with Gasteiger partial charge in [0.05, 0.1) is 0 Å². The van der Waals surface area contributed by atoms with Gasteiger partial charge in [-0.05, 0) is 28.6 Å². The van der Waals surface area contributed by atoms with E-state index in [9.17, 15) is 0 Å². The number of hydrogen-bond acceptors (Lipinski definition) is 2. The first kappa shape index (κ1) is 19.9. The van der Waals surface area contributed by atoms with E-state index in [4.69, 9.17) is 8.85 Å². The predicted molar refractivity (Wildman–Crippen MR) is 109 cm³/mol.